The van der Waals surface area contributed by atoms with Gasteiger partial charge < -0.3 is 19.9 Å². The molecule has 6 heteroatoms. The van der Waals surface area contributed by atoms with Crippen molar-refractivity contribution in [2.24, 2.45) is 0 Å². The summed E-state index contributed by atoms with van der Waals surface area (Å²) >= 11 is 0. The van der Waals surface area contributed by atoms with Gasteiger partial charge in [0.2, 0.25) is 0 Å². The Balaban J connectivity index is 1.23. The molecule has 1 N–H and O–H groups in total. The van der Waals surface area contributed by atoms with Crippen molar-refractivity contribution >= 4 is 6.03 Å². The smallest absolute Gasteiger partial charge is 0.317 e. The number of carbonyl (C=O) groups excluding carboxylic acids is 1. The second kappa shape index (κ2) is 8.17. The van der Waals surface area contributed by atoms with Gasteiger partial charge in [-0.3, -0.25) is 4.90 Å². The van der Waals surface area contributed by atoms with Crippen molar-refractivity contribution in [1.82, 2.24) is 20.0 Å². The maximum atomic E-state index is 12.5. The lowest BCUT2D eigenvalue weighted by Crippen LogP contribution is -2.58. The van der Waals surface area contributed by atoms with E-state index in [1.54, 1.807) is 0 Å². The summed E-state index contributed by atoms with van der Waals surface area (Å²) in [4.78, 5) is 19.3. The van der Waals surface area contributed by atoms with Crippen molar-refractivity contribution in [3.63, 3.8) is 0 Å². The number of benzene rings is 1. The van der Waals surface area contributed by atoms with E-state index >= 15 is 0 Å². The summed E-state index contributed by atoms with van der Waals surface area (Å²) in [5, 5.41) is 3.08. The fourth-order valence-electron chi connectivity index (χ4n) is 4.21. The molecule has 3 fully saturated rings. The Kier molecular flexibility index (Phi) is 5.66. The molecule has 0 aromatic heterocycles. The maximum absolute atomic E-state index is 12.5. The van der Waals surface area contributed by atoms with Gasteiger partial charge in [-0.15, -0.1) is 0 Å². The van der Waals surface area contributed by atoms with Crippen LogP contribution in [-0.4, -0.2) is 79.3 Å². The molecule has 0 bridgehead atoms. The Morgan fingerprint density at radius 3 is 2.44 bits per heavy atom. The molecule has 0 radical (unpaired) electrons. The van der Waals surface area contributed by atoms with Crippen LogP contribution >= 0.6 is 0 Å². The van der Waals surface area contributed by atoms with Crippen LogP contribution in [0, 0.1) is 0 Å². The quantitative estimate of drug-likeness (QED) is 0.877. The van der Waals surface area contributed by atoms with Gasteiger partial charge in [0.25, 0.3) is 0 Å². The average molecular weight is 373 g/mol. The lowest BCUT2D eigenvalue weighted by Gasteiger charge is -2.48. The first kappa shape index (κ1) is 18.7. The number of urea groups is 1. The summed E-state index contributed by atoms with van der Waals surface area (Å²) in [6.45, 7) is 8.24. The standard InChI is InChI=1S/C21H32N4O2/c1-23-9-11-24(12-10-23)16-19-5-3-18(4-6-19)15-22-20(26)25-13-14-27-21(17-25)7-2-8-21/h3-6H,2,7-17H2,1H3,(H,22,26). The van der Waals surface area contributed by atoms with Crippen LogP contribution in [0.1, 0.15) is 30.4 Å². The van der Waals surface area contributed by atoms with E-state index < -0.39 is 0 Å². The van der Waals surface area contributed by atoms with Gasteiger partial charge in [-0.1, -0.05) is 24.3 Å². The van der Waals surface area contributed by atoms with E-state index in [9.17, 15) is 4.79 Å². The minimum atomic E-state index is -0.0412. The molecule has 6 nitrogen and oxygen atoms in total. The van der Waals surface area contributed by atoms with Crippen LogP contribution < -0.4 is 5.32 Å². The lowest BCUT2D eigenvalue weighted by atomic mass is 9.79. The molecule has 1 saturated carbocycles. The fraction of sp³-hybridized carbons (Fsp3) is 0.667. The minimum Gasteiger partial charge on any atom is -0.371 e. The molecule has 1 aromatic rings. The summed E-state index contributed by atoms with van der Waals surface area (Å²) in [6.07, 6.45) is 3.40. The number of piperazine rings is 1. The largest absolute Gasteiger partial charge is 0.371 e. The van der Waals surface area contributed by atoms with E-state index in [0.29, 0.717) is 19.7 Å². The molecule has 1 aliphatic carbocycles. The highest BCUT2D eigenvalue weighted by molar-refractivity contribution is 5.74. The zero-order valence-electron chi connectivity index (χ0n) is 16.5. The van der Waals surface area contributed by atoms with Crippen LogP contribution in [0.5, 0.6) is 0 Å². The fourth-order valence-corrected chi connectivity index (χ4v) is 4.21. The first-order valence-electron chi connectivity index (χ1n) is 10.3. The molecule has 148 valence electrons. The summed E-state index contributed by atoms with van der Waals surface area (Å²) in [5.41, 5.74) is 2.45. The Labute approximate surface area is 162 Å². The molecule has 2 aliphatic heterocycles. The zero-order valence-corrected chi connectivity index (χ0v) is 16.5. The van der Waals surface area contributed by atoms with Crippen molar-refractivity contribution in [1.29, 1.82) is 0 Å². The number of hydrogen-bond donors (Lipinski definition) is 1. The highest BCUT2D eigenvalue weighted by Crippen LogP contribution is 2.38. The van der Waals surface area contributed by atoms with E-state index in [0.717, 1.165) is 57.7 Å². The third kappa shape index (κ3) is 4.62. The molecule has 2 amide bonds. The summed E-state index contributed by atoms with van der Waals surface area (Å²) in [7, 11) is 2.18. The SMILES string of the molecule is CN1CCN(Cc2ccc(CNC(=O)N3CCOC4(CCC4)C3)cc2)CC1. The van der Waals surface area contributed by atoms with Crippen LogP contribution in [-0.2, 0) is 17.8 Å². The van der Waals surface area contributed by atoms with Gasteiger partial charge in [0.1, 0.15) is 0 Å². The van der Waals surface area contributed by atoms with E-state index in [4.69, 9.17) is 4.74 Å². The van der Waals surface area contributed by atoms with Gasteiger partial charge in [-0.05, 0) is 37.4 Å². The molecule has 1 aromatic carbocycles. The molecule has 2 heterocycles. The highest BCUT2D eigenvalue weighted by atomic mass is 16.5. The summed E-state index contributed by atoms with van der Waals surface area (Å²) in [6, 6.07) is 8.69. The number of nitrogens with zero attached hydrogens (tertiary/aromatic N) is 3. The van der Waals surface area contributed by atoms with Gasteiger partial charge in [0.15, 0.2) is 0 Å². The lowest BCUT2D eigenvalue weighted by molar-refractivity contribution is -0.141. The normalized spacial score (nSPS) is 23.2. The molecule has 0 atom stereocenters. The van der Waals surface area contributed by atoms with Crippen molar-refractivity contribution in [2.45, 2.75) is 38.0 Å². The second-order valence-electron chi connectivity index (χ2n) is 8.36. The van der Waals surface area contributed by atoms with E-state index in [1.807, 2.05) is 4.90 Å². The summed E-state index contributed by atoms with van der Waals surface area (Å²) in [5.74, 6) is 0. The predicted molar refractivity (Wildman–Crippen MR) is 106 cm³/mol. The number of amides is 2. The number of nitrogens with one attached hydrogen (secondary N) is 1. The zero-order chi connectivity index (χ0) is 18.7. The van der Waals surface area contributed by atoms with E-state index in [2.05, 4.69) is 46.4 Å². The number of morpholine rings is 1. The molecular weight excluding hydrogens is 340 g/mol. The van der Waals surface area contributed by atoms with Gasteiger partial charge >= 0.3 is 6.03 Å². The molecular formula is C21H32N4O2. The number of ether oxygens (including phenoxy) is 1. The van der Waals surface area contributed by atoms with Gasteiger partial charge in [0.05, 0.1) is 18.8 Å². The molecule has 4 rings (SSSR count). The van der Waals surface area contributed by atoms with Crippen LogP contribution in [0.2, 0.25) is 0 Å². The number of rotatable bonds is 4. The van der Waals surface area contributed by atoms with Crippen LogP contribution in [0.25, 0.3) is 0 Å². The Bertz CT molecular complexity index is 636. The molecule has 27 heavy (non-hydrogen) atoms. The van der Waals surface area contributed by atoms with Gasteiger partial charge in [-0.2, -0.15) is 0 Å². The molecule has 2 saturated heterocycles. The van der Waals surface area contributed by atoms with Gasteiger partial charge in [-0.25, -0.2) is 4.79 Å². The molecule has 3 aliphatic rings. The summed E-state index contributed by atoms with van der Waals surface area (Å²) < 4.78 is 5.90. The first-order chi connectivity index (χ1) is 13.1. The first-order valence-corrected chi connectivity index (χ1v) is 10.3. The van der Waals surface area contributed by atoms with Crippen molar-refractivity contribution in [2.75, 3.05) is 52.9 Å². The van der Waals surface area contributed by atoms with Crippen molar-refractivity contribution in [3.05, 3.63) is 35.4 Å². The third-order valence-electron chi connectivity index (χ3n) is 6.27. The third-order valence-corrected chi connectivity index (χ3v) is 6.27. The maximum Gasteiger partial charge on any atom is 0.317 e. The predicted octanol–water partition coefficient (Wildman–Crippen LogP) is 1.90. The second-order valence-corrected chi connectivity index (χ2v) is 8.36. The van der Waals surface area contributed by atoms with Crippen molar-refractivity contribution < 1.29 is 9.53 Å². The van der Waals surface area contributed by atoms with Crippen LogP contribution in [0.3, 0.4) is 0 Å². The van der Waals surface area contributed by atoms with E-state index in [-0.39, 0.29) is 11.6 Å². The number of likely N-dealkylation sites (N-methyl/N-ethyl adjacent to an activating group) is 1. The van der Waals surface area contributed by atoms with Crippen LogP contribution in [0.15, 0.2) is 24.3 Å². The monoisotopic (exact) mass is 372 g/mol. The minimum absolute atomic E-state index is 0.0334. The topological polar surface area (TPSA) is 48.0 Å². The van der Waals surface area contributed by atoms with Crippen LogP contribution in [0.4, 0.5) is 4.79 Å². The Hall–Kier alpha value is -1.63. The molecule has 1 spiro atoms. The average Bonchev–Trinajstić information content (AvgIpc) is 2.68. The van der Waals surface area contributed by atoms with Gasteiger partial charge in [0, 0.05) is 45.8 Å². The molecule has 0 unspecified atom stereocenters. The van der Waals surface area contributed by atoms with E-state index in [1.165, 1.54) is 12.0 Å². The highest BCUT2D eigenvalue weighted by Gasteiger charge is 2.43. The number of carbonyl (C=O) groups is 1. The van der Waals surface area contributed by atoms with Crippen molar-refractivity contribution in [3.8, 4) is 0 Å². The number of hydrogen-bond acceptors (Lipinski definition) is 4. The Morgan fingerprint density at radius 2 is 1.78 bits per heavy atom. The Morgan fingerprint density at radius 1 is 1.07 bits per heavy atom.